The van der Waals surface area contributed by atoms with Crippen molar-refractivity contribution in [1.29, 1.82) is 0 Å². The van der Waals surface area contributed by atoms with Crippen LogP contribution in [0.4, 0.5) is 26.3 Å². The van der Waals surface area contributed by atoms with Crippen LogP contribution in [0.15, 0.2) is 16.8 Å². The Labute approximate surface area is 147 Å². The van der Waals surface area contributed by atoms with Crippen LogP contribution in [-0.4, -0.2) is 60.1 Å². The summed E-state index contributed by atoms with van der Waals surface area (Å²) >= 11 is 0. The lowest BCUT2D eigenvalue weighted by Crippen LogP contribution is -2.67. The molecule has 0 aromatic heterocycles. The molecule has 1 N–H and O–H groups in total. The normalized spacial score (nSPS) is 26.8. The first-order chi connectivity index (χ1) is 11.7. The zero-order chi connectivity index (χ0) is 20.0. The molecule has 1 aliphatic heterocycles. The number of alkyl halides is 6. The van der Waals surface area contributed by atoms with Crippen LogP contribution in [0, 0.1) is 11.3 Å². The quantitative estimate of drug-likeness (QED) is 0.737. The van der Waals surface area contributed by atoms with Gasteiger partial charge in [-0.1, -0.05) is 19.4 Å². The Kier molecular flexibility index (Phi) is 5.42. The minimum atomic E-state index is -5.90. The number of rotatable bonds is 2. The predicted octanol–water partition coefficient (Wildman–Crippen LogP) is 3.52. The van der Waals surface area contributed by atoms with Crippen molar-refractivity contribution in [2.45, 2.75) is 45.1 Å². The lowest BCUT2D eigenvalue weighted by molar-refractivity contribution is -0.385. The molecule has 1 heterocycles. The van der Waals surface area contributed by atoms with Crippen LogP contribution < -0.4 is 0 Å². The molecule has 1 saturated heterocycles. The number of hydrazone groups is 1. The maximum Gasteiger partial charge on any atom is 0.426 e. The van der Waals surface area contributed by atoms with Crippen LogP contribution in [-0.2, 0) is 4.74 Å². The fourth-order valence-electron chi connectivity index (χ4n) is 3.78. The highest BCUT2D eigenvalue weighted by atomic mass is 19.4. The van der Waals surface area contributed by atoms with Crippen LogP contribution in [0.2, 0.25) is 0 Å². The van der Waals surface area contributed by atoms with Gasteiger partial charge in [0.15, 0.2) is 0 Å². The van der Waals surface area contributed by atoms with Gasteiger partial charge >= 0.3 is 12.4 Å². The molecule has 150 valence electrons. The van der Waals surface area contributed by atoms with E-state index in [1.165, 1.54) is 24.9 Å². The number of halogens is 6. The molecule has 0 unspecified atom stereocenters. The number of hydrogen-bond donors (Lipinski definition) is 1. The van der Waals surface area contributed by atoms with E-state index in [2.05, 4.69) is 5.10 Å². The molecule has 1 atom stereocenters. The van der Waals surface area contributed by atoms with Gasteiger partial charge in [0.25, 0.3) is 5.60 Å². The van der Waals surface area contributed by atoms with Crippen LogP contribution >= 0.6 is 0 Å². The Morgan fingerprint density at radius 1 is 1.12 bits per heavy atom. The fourth-order valence-corrected chi connectivity index (χ4v) is 3.78. The SMILES string of the molecule is CC1=C/C(=N\N2CCOCC2)[C@@H](C(O)(C(F)(F)F)C(F)(F)F)C(C)(C)C1. The molecule has 0 amide bonds. The number of morpholine rings is 1. The minimum Gasteiger partial charge on any atom is -0.378 e. The van der Waals surface area contributed by atoms with Gasteiger partial charge in [0.2, 0.25) is 0 Å². The maximum absolute atomic E-state index is 13.5. The van der Waals surface area contributed by atoms with Gasteiger partial charge in [0.1, 0.15) is 0 Å². The van der Waals surface area contributed by atoms with Crippen molar-refractivity contribution in [2.24, 2.45) is 16.4 Å². The number of nitrogens with zero attached hydrogens (tertiary/aromatic N) is 2. The second-order valence-corrected chi connectivity index (χ2v) is 7.44. The third-order valence-electron chi connectivity index (χ3n) is 4.73. The van der Waals surface area contributed by atoms with Crippen LogP contribution in [0.1, 0.15) is 27.2 Å². The van der Waals surface area contributed by atoms with Gasteiger partial charge in [-0.2, -0.15) is 31.4 Å². The summed E-state index contributed by atoms with van der Waals surface area (Å²) in [6.07, 6.45) is -10.6. The molecule has 10 heteroatoms. The second-order valence-electron chi connectivity index (χ2n) is 7.44. The standard InChI is InChI=1S/C16H22F6N2O2/c1-10-8-11(23-24-4-6-26-7-5-24)12(13(2,3)9-10)14(25,15(17,18)19)16(20,21)22/h8,12,25H,4-7,9H2,1-3H3/b23-11+/t12-/m1/s1. The van der Waals surface area contributed by atoms with E-state index in [9.17, 15) is 31.4 Å². The van der Waals surface area contributed by atoms with Crippen molar-refractivity contribution in [3.8, 4) is 0 Å². The van der Waals surface area contributed by atoms with Gasteiger partial charge in [-0.05, 0) is 24.8 Å². The summed E-state index contributed by atoms with van der Waals surface area (Å²) in [6, 6.07) is 0. The summed E-state index contributed by atoms with van der Waals surface area (Å²) in [4.78, 5) is 0. The second kappa shape index (κ2) is 6.70. The molecule has 0 radical (unpaired) electrons. The molecule has 4 nitrogen and oxygen atoms in total. The summed E-state index contributed by atoms with van der Waals surface area (Å²) in [5, 5.41) is 15.5. The molecule has 0 aromatic carbocycles. The summed E-state index contributed by atoms with van der Waals surface area (Å²) in [5.41, 5.74) is -6.22. The molecule has 1 fully saturated rings. The third kappa shape index (κ3) is 3.71. The van der Waals surface area contributed by atoms with Crippen LogP contribution in [0.3, 0.4) is 0 Å². The van der Waals surface area contributed by atoms with E-state index in [4.69, 9.17) is 4.74 Å². The van der Waals surface area contributed by atoms with Crippen molar-refractivity contribution in [1.82, 2.24) is 5.01 Å². The minimum absolute atomic E-state index is 0.0196. The maximum atomic E-state index is 13.5. The Morgan fingerprint density at radius 2 is 1.62 bits per heavy atom. The number of allylic oxidation sites excluding steroid dienone is 2. The summed E-state index contributed by atoms with van der Waals surface area (Å²) in [7, 11) is 0. The third-order valence-corrected chi connectivity index (χ3v) is 4.73. The van der Waals surface area contributed by atoms with Crippen molar-refractivity contribution in [3.63, 3.8) is 0 Å². The average molecular weight is 388 g/mol. The first kappa shape index (κ1) is 21.0. The molecular weight excluding hydrogens is 366 g/mol. The van der Waals surface area contributed by atoms with Gasteiger partial charge in [-0.25, -0.2) is 0 Å². The number of aliphatic hydroxyl groups is 1. The van der Waals surface area contributed by atoms with Crippen LogP contribution in [0.25, 0.3) is 0 Å². The largest absolute Gasteiger partial charge is 0.426 e. The van der Waals surface area contributed by atoms with Gasteiger partial charge in [0.05, 0.1) is 37.9 Å². The first-order valence-corrected chi connectivity index (χ1v) is 8.14. The Hall–Kier alpha value is -1.29. The smallest absolute Gasteiger partial charge is 0.378 e. The summed E-state index contributed by atoms with van der Waals surface area (Å²) < 4.78 is 86.1. The van der Waals surface area contributed by atoms with Crippen LogP contribution in [0.5, 0.6) is 0 Å². The lowest BCUT2D eigenvalue weighted by atomic mass is 9.61. The van der Waals surface area contributed by atoms with Crippen molar-refractivity contribution in [2.75, 3.05) is 26.3 Å². The monoisotopic (exact) mass is 388 g/mol. The molecule has 2 aliphatic rings. The number of ether oxygens (including phenoxy) is 1. The van der Waals surface area contributed by atoms with Crippen molar-refractivity contribution in [3.05, 3.63) is 11.6 Å². The van der Waals surface area contributed by atoms with E-state index in [1.54, 1.807) is 6.92 Å². The first-order valence-electron chi connectivity index (χ1n) is 8.14. The summed E-state index contributed by atoms with van der Waals surface area (Å²) in [6.45, 7) is 5.23. The van der Waals surface area contributed by atoms with Gasteiger partial charge in [-0.3, -0.25) is 5.01 Å². The topological polar surface area (TPSA) is 45.1 Å². The molecule has 0 saturated carbocycles. The molecule has 26 heavy (non-hydrogen) atoms. The average Bonchev–Trinajstić information content (AvgIpc) is 2.43. The van der Waals surface area contributed by atoms with Gasteiger partial charge in [0, 0.05) is 0 Å². The molecule has 2 rings (SSSR count). The van der Waals surface area contributed by atoms with E-state index in [0.29, 0.717) is 5.57 Å². The molecule has 0 bridgehead atoms. The van der Waals surface area contributed by atoms with E-state index < -0.39 is 35.0 Å². The fraction of sp³-hybridized carbons (Fsp3) is 0.812. The molecule has 1 aliphatic carbocycles. The zero-order valence-electron chi connectivity index (χ0n) is 14.7. The number of hydrogen-bond acceptors (Lipinski definition) is 4. The highest BCUT2D eigenvalue weighted by Crippen LogP contribution is 2.56. The Balaban J connectivity index is 2.63. The van der Waals surface area contributed by atoms with E-state index >= 15 is 0 Å². The lowest BCUT2D eigenvalue weighted by Gasteiger charge is -2.48. The summed E-state index contributed by atoms with van der Waals surface area (Å²) in [5.74, 6) is -2.29. The van der Waals surface area contributed by atoms with E-state index in [1.807, 2.05) is 0 Å². The molecule has 0 spiro atoms. The van der Waals surface area contributed by atoms with E-state index in [0.717, 1.165) is 0 Å². The highest BCUT2D eigenvalue weighted by molar-refractivity contribution is 5.99. The Bertz CT molecular complexity index is 575. The van der Waals surface area contributed by atoms with E-state index in [-0.39, 0.29) is 32.7 Å². The van der Waals surface area contributed by atoms with Crippen molar-refractivity contribution >= 4 is 5.71 Å². The van der Waals surface area contributed by atoms with Gasteiger partial charge in [-0.15, -0.1) is 0 Å². The Morgan fingerprint density at radius 3 is 2.08 bits per heavy atom. The highest BCUT2D eigenvalue weighted by Gasteiger charge is 2.76. The molecular formula is C16H22F6N2O2. The predicted molar refractivity (Wildman–Crippen MR) is 82.5 cm³/mol. The molecule has 0 aromatic rings. The van der Waals surface area contributed by atoms with Gasteiger partial charge < -0.3 is 9.84 Å². The zero-order valence-corrected chi connectivity index (χ0v) is 14.7. The van der Waals surface area contributed by atoms with Crippen molar-refractivity contribution < 1.29 is 36.2 Å².